The van der Waals surface area contributed by atoms with Crippen LogP contribution in [0, 0.1) is 16.0 Å². The summed E-state index contributed by atoms with van der Waals surface area (Å²) in [6.07, 6.45) is 0. The van der Waals surface area contributed by atoms with E-state index in [2.05, 4.69) is 5.32 Å². The summed E-state index contributed by atoms with van der Waals surface area (Å²) in [4.78, 5) is 21.7. The highest BCUT2D eigenvalue weighted by Crippen LogP contribution is 2.17. The third kappa shape index (κ3) is 6.24. The molecule has 0 aliphatic rings. The molecule has 0 saturated carbocycles. The Hall–Kier alpha value is -1.56. The van der Waals surface area contributed by atoms with Gasteiger partial charge in [-0.1, -0.05) is 26.0 Å². The average Bonchev–Trinajstić information content (AvgIpc) is 2.36. The number of non-ortho nitro benzene ring substituents is 1. The quantitative estimate of drug-likeness (QED) is 0.616. The first kappa shape index (κ1) is 15.5. The highest BCUT2D eigenvalue weighted by atomic mass is 32.2. The molecule has 5 nitrogen and oxygen atoms in total. The van der Waals surface area contributed by atoms with E-state index in [0.29, 0.717) is 24.0 Å². The van der Waals surface area contributed by atoms with E-state index in [4.69, 9.17) is 0 Å². The summed E-state index contributed by atoms with van der Waals surface area (Å²) in [5.74, 6) is 1.40. The summed E-state index contributed by atoms with van der Waals surface area (Å²) in [5, 5.41) is 13.4. The fraction of sp³-hybridized carbons (Fsp3) is 0.462. The van der Waals surface area contributed by atoms with Crippen LogP contribution >= 0.6 is 11.8 Å². The number of hydrogen-bond donors (Lipinski definition) is 1. The lowest BCUT2D eigenvalue weighted by atomic mass is 10.2. The van der Waals surface area contributed by atoms with Crippen molar-refractivity contribution in [2.45, 2.75) is 19.6 Å². The molecule has 1 rings (SSSR count). The maximum atomic E-state index is 11.5. The fourth-order valence-electron chi connectivity index (χ4n) is 1.39. The molecule has 0 radical (unpaired) electrons. The van der Waals surface area contributed by atoms with Gasteiger partial charge in [0.2, 0.25) is 5.91 Å². The third-order valence-corrected chi connectivity index (χ3v) is 3.33. The zero-order valence-corrected chi connectivity index (χ0v) is 11.9. The van der Waals surface area contributed by atoms with Crippen LogP contribution in [0.2, 0.25) is 0 Å². The monoisotopic (exact) mass is 282 g/mol. The Kier molecular flexibility index (Phi) is 6.35. The molecule has 0 aromatic heterocycles. The lowest BCUT2D eigenvalue weighted by Gasteiger charge is -2.07. The van der Waals surface area contributed by atoms with Crippen LogP contribution in [0.1, 0.15) is 19.4 Å². The minimum atomic E-state index is -0.413. The number of nitrogens with one attached hydrogen (secondary N) is 1. The number of benzene rings is 1. The predicted molar refractivity (Wildman–Crippen MR) is 77.1 cm³/mol. The largest absolute Gasteiger partial charge is 0.355 e. The molecular formula is C13H18N2O3S. The standard InChI is InChI=1S/C13H18N2O3S/c1-10(2)7-14-13(16)9-19-8-11-4-3-5-12(6-11)15(17)18/h3-6,10H,7-9H2,1-2H3,(H,14,16). The van der Waals surface area contributed by atoms with Gasteiger partial charge in [-0.2, -0.15) is 0 Å². The predicted octanol–water partition coefficient (Wildman–Crippen LogP) is 2.60. The maximum Gasteiger partial charge on any atom is 0.269 e. The molecule has 0 aliphatic heterocycles. The van der Waals surface area contributed by atoms with Gasteiger partial charge < -0.3 is 5.32 Å². The summed E-state index contributed by atoms with van der Waals surface area (Å²) in [6, 6.07) is 6.49. The number of thioether (sulfide) groups is 1. The second kappa shape index (κ2) is 7.78. The van der Waals surface area contributed by atoms with Crippen LogP contribution in [0.3, 0.4) is 0 Å². The Bertz CT molecular complexity index is 449. The molecule has 0 atom stereocenters. The zero-order chi connectivity index (χ0) is 14.3. The number of hydrogen-bond acceptors (Lipinski definition) is 4. The second-order valence-corrected chi connectivity index (χ2v) is 5.60. The highest BCUT2D eigenvalue weighted by molar-refractivity contribution is 7.99. The normalized spacial score (nSPS) is 10.5. The number of rotatable bonds is 7. The van der Waals surface area contributed by atoms with Crippen LogP contribution < -0.4 is 5.32 Å². The van der Waals surface area contributed by atoms with Crippen molar-refractivity contribution in [1.82, 2.24) is 5.32 Å². The number of carbonyl (C=O) groups excluding carboxylic acids is 1. The van der Waals surface area contributed by atoms with E-state index in [-0.39, 0.29) is 11.6 Å². The van der Waals surface area contributed by atoms with E-state index in [0.717, 1.165) is 5.56 Å². The van der Waals surface area contributed by atoms with Crippen LogP contribution in [0.25, 0.3) is 0 Å². The van der Waals surface area contributed by atoms with Crippen LogP contribution in [0.5, 0.6) is 0 Å². The van der Waals surface area contributed by atoms with Gasteiger partial charge in [0, 0.05) is 24.4 Å². The van der Waals surface area contributed by atoms with Crippen molar-refractivity contribution >= 4 is 23.4 Å². The Morgan fingerprint density at radius 1 is 1.47 bits per heavy atom. The maximum absolute atomic E-state index is 11.5. The number of carbonyl (C=O) groups is 1. The summed E-state index contributed by atoms with van der Waals surface area (Å²) >= 11 is 1.45. The van der Waals surface area contributed by atoms with Crippen molar-refractivity contribution in [3.05, 3.63) is 39.9 Å². The van der Waals surface area contributed by atoms with Crippen LogP contribution in [-0.4, -0.2) is 23.1 Å². The lowest BCUT2D eigenvalue weighted by molar-refractivity contribution is -0.384. The fourth-order valence-corrected chi connectivity index (χ4v) is 2.20. The molecule has 0 fully saturated rings. The van der Waals surface area contributed by atoms with Crippen molar-refractivity contribution in [1.29, 1.82) is 0 Å². The van der Waals surface area contributed by atoms with Crippen molar-refractivity contribution in [2.75, 3.05) is 12.3 Å². The first-order valence-electron chi connectivity index (χ1n) is 6.07. The molecule has 0 spiro atoms. The van der Waals surface area contributed by atoms with Gasteiger partial charge in [-0.3, -0.25) is 14.9 Å². The minimum Gasteiger partial charge on any atom is -0.355 e. The van der Waals surface area contributed by atoms with Crippen molar-refractivity contribution in [3.8, 4) is 0 Å². The molecule has 19 heavy (non-hydrogen) atoms. The van der Waals surface area contributed by atoms with Crippen molar-refractivity contribution < 1.29 is 9.72 Å². The van der Waals surface area contributed by atoms with E-state index in [1.165, 1.54) is 17.8 Å². The summed E-state index contributed by atoms with van der Waals surface area (Å²) in [5.41, 5.74) is 0.943. The molecular weight excluding hydrogens is 264 g/mol. The smallest absolute Gasteiger partial charge is 0.269 e. The molecule has 0 aliphatic carbocycles. The first-order valence-corrected chi connectivity index (χ1v) is 7.22. The van der Waals surface area contributed by atoms with Crippen LogP contribution in [-0.2, 0) is 10.5 Å². The number of nitrogens with zero attached hydrogens (tertiary/aromatic N) is 1. The van der Waals surface area contributed by atoms with E-state index in [9.17, 15) is 14.9 Å². The molecule has 0 saturated heterocycles. The first-order chi connectivity index (χ1) is 8.99. The van der Waals surface area contributed by atoms with E-state index >= 15 is 0 Å². The SMILES string of the molecule is CC(C)CNC(=O)CSCc1cccc([N+](=O)[O-])c1. The molecule has 0 bridgehead atoms. The van der Waals surface area contributed by atoms with Gasteiger partial charge >= 0.3 is 0 Å². The van der Waals surface area contributed by atoms with E-state index in [1.807, 2.05) is 19.9 Å². The van der Waals surface area contributed by atoms with Crippen molar-refractivity contribution in [3.63, 3.8) is 0 Å². The molecule has 1 aromatic carbocycles. The van der Waals surface area contributed by atoms with Crippen LogP contribution in [0.4, 0.5) is 5.69 Å². The van der Waals surface area contributed by atoms with Gasteiger partial charge in [-0.25, -0.2) is 0 Å². The summed E-state index contributed by atoms with van der Waals surface area (Å²) in [6.45, 7) is 4.75. The molecule has 0 unspecified atom stereocenters. The number of nitro benzene ring substituents is 1. The Morgan fingerprint density at radius 3 is 2.84 bits per heavy atom. The summed E-state index contributed by atoms with van der Waals surface area (Å²) in [7, 11) is 0. The zero-order valence-electron chi connectivity index (χ0n) is 11.1. The minimum absolute atomic E-state index is 0.00382. The Morgan fingerprint density at radius 2 is 2.21 bits per heavy atom. The Labute approximate surface area is 116 Å². The van der Waals surface area contributed by atoms with Gasteiger partial charge in [-0.15, -0.1) is 11.8 Å². The molecule has 1 amide bonds. The molecule has 0 heterocycles. The van der Waals surface area contributed by atoms with E-state index in [1.54, 1.807) is 12.1 Å². The summed E-state index contributed by atoms with van der Waals surface area (Å²) < 4.78 is 0. The van der Waals surface area contributed by atoms with Gasteiger partial charge in [-0.05, 0) is 11.5 Å². The molecule has 6 heteroatoms. The second-order valence-electron chi connectivity index (χ2n) is 4.62. The number of amides is 1. The average molecular weight is 282 g/mol. The topological polar surface area (TPSA) is 72.2 Å². The number of nitro groups is 1. The van der Waals surface area contributed by atoms with Crippen LogP contribution in [0.15, 0.2) is 24.3 Å². The lowest BCUT2D eigenvalue weighted by Crippen LogP contribution is -2.28. The van der Waals surface area contributed by atoms with Gasteiger partial charge in [0.1, 0.15) is 0 Å². The molecule has 104 valence electrons. The molecule has 1 N–H and O–H groups in total. The van der Waals surface area contributed by atoms with Gasteiger partial charge in [0.25, 0.3) is 5.69 Å². The Balaban J connectivity index is 2.35. The molecule has 1 aromatic rings. The van der Waals surface area contributed by atoms with E-state index < -0.39 is 4.92 Å². The van der Waals surface area contributed by atoms with Gasteiger partial charge in [0.05, 0.1) is 10.7 Å². The third-order valence-electron chi connectivity index (χ3n) is 2.33. The highest BCUT2D eigenvalue weighted by Gasteiger charge is 2.07. The van der Waals surface area contributed by atoms with Crippen molar-refractivity contribution in [2.24, 2.45) is 5.92 Å². The van der Waals surface area contributed by atoms with Gasteiger partial charge in [0.15, 0.2) is 0 Å².